The van der Waals surface area contributed by atoms with Gasteiger partial charge in [0.15, 0.2) is 0 Å². The van der Waals surface area contributed by atoms with Crippen LogP contribution >= 0.6 is 0 Å². The molecule has 2 rings (SSSR count). The molecule has 0 aromatic carbocycles. The lowest BCUT2D eigenvalue weighted by Gasteiger charge is -2.24. The van der Waals surface area contributed by atoms with Crippen LogP contribution in [0.5, 0.6) is 0 Å². The Labute approximate surface area is 113 Å². The average molecular weight is 250 g/mol. The van der Waals surface area contributed by atoms with E-state index in [0.29, 0.717) is 11.7 Å². The summed E-state index contributed by atoms with van der Waals surface area (Å²) in [5.41, 5.74) is 0. The predicted octanol–water partition coefficient (Wildman–Crippen LogP) is 4.70. The highest BCUT2D eigenvalue weighted by Gasteiger charge is 2.41. The van der Waals surface area contributed by atoms with E-state index in [2.05, 4.69) is 20.8 Å². The molecule has 2 unspecified atom stereocenters. The number of rotatable bonds is 3. The highest BCUT2D eigenvalue weighted by Crippen LogP contribution is 2.49. The minimum atomic E-state index is 0.386. The van der Waals surface area contributed by atoms with Crippen molar-refractivity contribution < 1.29 is 4.79 Å². The molecule has 0 aliphatic heterocycles. The molecule has 0 N–H and O–H groups in total. The zero-order valence-corrected chi connectivity index (χ0v) is 12.6. The number of carbonyl (C=O) groups excluding carboxylic acids is 1. The van der Waals surface area contributed by atoms with Gasteiger partial charge < -0.3 is 0 Å². The van der Waals surface area contributed by atoms with E-state index in [0.717, 1.165) is 29.6 Å². The number of hydrogen-bond donors (Lipinski definition) is 0. The van der Waals surface area contributed by atoms with Crippen LogP contribution in [0.15, 0.2) is 0 Å². The lowest BCUT2D eigenvalue weighted by Crippen LogP contribution is -2.23. The summed E-state index contributed by atoms with van der Waals surface area (Å²) in [5, 5.41) is 0. The van der Waals surface area contributed by atoms with Crippen molar-refractivity contribution in [3.63, 3.8) is 0 Å². The second-order valence-electron chi connectivity index (χ2n) is 7.53. The van der Waals surface area contributed by atoms with E-state index in [-0.39, 0.29) is 0 Å². The van der Waals surface area contributed by atoms with Crippen LogP contribution in [-0.2, 0) is 4.79 Å². The van der Waals surface area contributed by atoms with Crippen LogP contribution in [0.3, 0.4) is 0 Å². The molecule has 0 heterocycles. The van der Waals surface area contributed by atoms with Gasteiger partial charge in [-0.15, -0.1) is 0 Å². The van der Waals surface area contributed by atoms with Crippen molar-refractivity contribution in [2.24, 2.45) is 35.5 Å². The molecule has 2 aliphatic carbocycles. The Morgan fingerprint density at radius 3 is 2.50 bits per heavy atom. The molecule has 0 spiro atoms. The summed E-state index contributed by atoms with van der Waals surface area (Å²) in [6, 6.07) is 0. The molecule has 1 heteroatoms. The van der Waals surface area contributed by atoms with Gasteiger partial charge in [-0.1, -0.05) is 20.8 Å². The third-order valence-electron chi connectivity index (χ3n) is 5.35. The maximum Gasteiger partial charge on any atom is 0.133 e. The summed E-state index contributed by atoms with van der Waals surface area (Å²) in [4.78, 5) is 11.9. The minimum Gasteiger partial charge on any atom is -0.300 e. The topological polar surface area (TPSA) is 17.1 Å². The van der Waals surface area contributed by atoms with Gasteiger partial charge in [0.1, 0.15) is 5.78 Å². The van der Waals surface area contributed by atoms with E-state index in [4.69, 9.17) is 0 Å². The van der Waals surface area contributed by atoms with Crippen LogP contribution < -0.4 is 0 Å². The van der Waals surface area contributed by atoms with Crippen LogP contribution in [0.1, 0.15) is 66.2 Å². The van der Waals surface area contributed by atoms with Crippen molar-refractivity contribution in [1.29, 1.82) is 0 Å². The zero-order valence-electron chi connectivity index (χ0n) is 12.6. The molecule has 0 bridgehead atoms. The molecule has 2 saturated carbocycles. The van der Waals surface area contributed by atoms with Crippen molar-refractivity contribution in [3.05, 3.63) is 0 Å². The number of ketones is 1. The molecule has 0 amide bonds. The first-order valence-corrected chi connectivity index (χ1v) is 7.97. The van der Waals surface area contributed by atoms with Gasteiger partial charge in [0.25, 0.3) is 0 Å². The second-order valence-corrected chi connectivity index (χ2v) is 7.53. The molecule has 2 fully saturated rings. The fourth-order valence-electron chi connectivity index (χ4n) is 4.77. The number of hydrogen-bond acceptors (Lipinski definition) is 1. The summed E-state index contributed by atoms with van der Waals surface area (Å²) in [7, 11) is 0. The summed E-state index contributed by atoms with van der Waals surface area (Å²) >= 11 is 0. The SMILES string of the molecule is CC(=O)[C@H]1CCC(CC(C)C)C[C@@H]2CC(C)C[C@@H]21. The normalized spacial score (nSPS) is 40.6. The maximum absolute atomic E-state index is 11.9. The zero-order chi connectivity index (χ0) is 13.3. The van der Waals surface area contributed by atoms with Gasteiger partial charge in [-0.2, -0.15) is 0 Å². The highest BCUT2D eigenvalue weighted by atomic mass is 16.1. The van der Waals surface area contributed by atoms with Crippen molar-refractivity contribution in [2.45, 2.75) is 66.2 Å². The fourth-order valence-corrected chi connectivity index (χ4v) is 4.77. The van der Waals surface area contributed by atoms with E-state index >= 15 is 0 Å². The third-order valence-corrected chi connectivity index (χ3v) is 5.35. The third kappa shape index (κ3) is 3.16. The molecule has 0 radical (unpaired) electrons. The summed E-state index contributed by atoms with van der Waals surface area (Å²) in [6.07, 6.45) is 7.91. The molecular weight excluding hydrogens is 220 g/mol. The fraction of sp³-hybridized carbons (Fsp3) is 0.941. The Bertz CT molecular complexity index is 294. The van der Waals surface area contributed by atoms with Gasteiger partial charge in [0, 0.05) is 5.92 Å². The van der Waals surface area contributed by atoms with Gasteiger partial charge in [0.05, 0.1) is 0 Å². The maximum atomic E-state index is 11.9. The first kappa shape index (κ1) is 14.1. The van der Waals surface area contributed by atoms with E-state index in [1.165, 1.54) is 38.5 Å². The van der Waals surface area contributed by atoms with Crippen LogP contribution in [0.4, 0.5) is 0 Å². The minimum absolute atomic E-state index is 0.386. The molecule has 18 heavy (non-hydrogen) atoms. The Kier molecular flexibility index (Phi) is 4.50. The van der Waals surface area contributed by atoms with Gasteiger partial charge in [-0.25, -0.2) is 0 Å². The lowest BCUT2D eigenvalue weighted by atomic mass is 9.80. The van der Waals surface area contributed by atoms with Gasteiger partial charge in [0.2, 0.25) is 0 Å². The summed E-state index contributed by atoms with van der Waals surface area (Å²) in [5.74, 6) is 4.95. The predicted molar refractivity (Wildman–Crippen MR) is 76.3 cm³/mol. The summed E-state index contributed by atoms with van der Waals surface area (Å²) in [6.45, 7) is 8.88. The van der Waals surface area contributed by atoms with E-state index in [9.17, 15) is 4.79 Å². The Hall–Kier alpha value is -0.330. The van der Waals surface area contributed by atoms with E-state index < -0.39 is 0 Å². The standard InChI is InChI=1S/C17H30O/c1-11(2)7-14-5-6-16(13(4)18)17-9-12(3)8-15(17)10-14/h11-12,14-17H,5-10H2,1-4H3/t12?,14?,15-,16+,17-/m0/s1. The van der Waals surface area contributed by atoms with Crippen LogP contribution in [0.2, 0.25) is 0 Å². The number of Topliss-reactive ketones (excluding diaryl/α,β-unsaturated/α-hetero) is 1. The van der Waals surface area contributed by atoms with Crippen LogP contribution in [0, 0.1) is 35.5 Å². The van der Waals surface area contributed by atoms with E-state index in [1.54, 1.807) is 0 Å². The molecule has 2 aliphatic rings. The Morgan fingerprint density at radius 2 is 1.89 bits per heavy atom. The van der Waals surface area contributed by atoms with Gasteiger partial charge in [-0.3, -0.25) is 4.79 Å². The molecule has 5 atom stereocenters. The van der Waals surface area contributed by atoms with Crippen molar-refractivity contribution in [3.8, 4) is 0 Å². The lowest BCUT2D eigenvalue weighted by molar-refractivity contribution is -0.122. The monoisotopic (exact) mass is 250 g/mol. The van der Waals surface area contributed by atoms with Gasteiger partial charge >= 0.3 is 0 Å². The van der Waals surface area contributed by atoms with Crippen LogP contribution in [-0.4, -0.2) is 5.78 Å². The van der Waals surface area contributed by atoms with Gasteiger partial charge in [-0.05, 0) is 75.0 Å². The first-order valence-electron chi connectivity index (χ1n) is 7.97. The molecule has 0 aromatic rings. The second kappa shape index (κ2) is 5.75. The van der Waals surface area contributed by atoms with E-state index in [1.807, 2.05) is 6.92 Å². The average Bonchev–Trinajstić information content (AvgIpc) is 2.50. The smallest absolute Gasteiger partial charge is 0.133 e. The van der Waals surface area contributed by atoms with Crippen molar-refractivity contribution in [1.82, 2.24) is 0 Å². The Balaban J connectivity index is 2.08. The largest absolute Gasteiger partial charge is 0.300 e. The van der Waals surface area contributed by atoms with Crippen molar-refractivity contribution >= 4 is 5.78 Å². The molecular formula is C17H30O. The first-order chi connectivity index (χ1) is 8.47. The molecule has 104 valence electrons. The molecule has 0 aromatic heterocycles. The Morgan fingerprint density at radius 1 is 1.17 bits per heavy atom. The quantitative estimate of drug-likeness (QED) is 0.709. The number of fused-ring (bicyclic) bond motifs is 1. The number of carbonyl (C=O) groups is 1. The highest BCUT2D eigenvalue weighted by molar-refractivity contribution is 5.78. The summed E-state index contributed by atoms with van der Waals surface area (Å²) < 4.78 is 0. The van der Waals surface area contributed by atoms with Crippen LogP contribution in [0.25, 0.3) is 0 Å². The van der Waals surface area contributed by atoms with Crippen molar-refractivity contribution in [2.75, 3.05) is 0 Å². The molecule has 0 saturated heterocycles. The molecule has 1 nitrogen and oxygen atoms in total.